The van der Waals surface area contributed by atoms with Crippen molar-refractivity contribution < 1.29 is 13.6 Å². The molecular formula is C17H13F2N3OS. The van der Waals surface area contributed by atoms with E-state index in [1.165, 1.54) is 6.07 Å². The fourth-order valence-corrected chi connectivity index (χ4v) is 3.33. The highest BCUT2D eigenvalue weighted by Gasteiger charge is 2.17. The van der Waals surface area contributed by atoms with Gasteiger partial charge in [-0.25, -0.2) is 13.8 Å². The molecule has 1 aliphatic carbocycles. The van der Waals surface area contributed by atoms with Gasteiger partial charge in [-0.2, -0.15) is 5.26 Å². The minimum Gasteiger partial charge on any atom is -0.323 e. The summed E-state index contributed by atoms with van der Waals surface area (Å²) in [7, 11) is 0. The second-order valence-corrected chi connectivity index (χ2v) is 6.34. The van der Waals surface area contributed by atoms with E-state index in [1.807, 2.05) is 6.07 Å². The average Bonchev–Trinajstić information content (AvgIpc) is 3.01. The third kappa shape index (κ3) is 3.54. The van der Waals surface area contributed by atoms with Crippen molar-refractivity contribution in [2.24, 2.45) is 0 Å². The molecule has 0 radical (unpaired) electrons. The molecule has 0 saturated heterocycles. The number of fused-ring (bicyclic) bond motifs is 1. The first-order valence-electron chi connectivity index (χ1n) is 7.37. The minimum absolute atomic E-state index is 0.0166. The van der Waals surface area contributed by atoms with Crippen LogP contribution in [0.2, 0.25) is 0 Å². The van der Waals surface area contributed by atoms with E-state index in [1.54, 1.807) is 0 Å². The molecule has 1 aliphatic rings. The average molecular weight is 345 g/mol. The van der Waals surface area contributed by atoms with Crippen LogP contribution in [0.4, 0.5) is 14.5 Å². The molecule has 1 heterocycles. The van der Waals surface area contributed by atoms with E-state index in [9.17, 15) is 18.8 Å². The molecular weight excluding hydrogens is 332 g/mol. The Kier molecular flexibility index (Phi) is 4.76. The Labute approximate surface area is 141 Å². The molecule has 1 amide bonds. The van der Waals surface area contributed by atoms with Gasteiger partial charge in [-0.3, -0.25) is 4.79 Å². The molecule has 0 saturated carbocycles. The van der Waals surface area contributed by atoms with E-state index in [-0.39, 0.29) is 11.4 Å². The predicted octanol–water partition coefficient (Wildman–Crippen LogP) is 3.45. The molecule has 0 unspecified atom stereocenters. The van der Waals surface area contributed by atoms with Crippen LogP contribution in [0.1, 0.15) is 23.2 Å². The number of carbonyl (C=O) groups is 1. The number of rotatable bonds is 4. The Morgan fingerprint density at radius 2 is 2.17 bits per heavy atom. The third-order valence-electron chi connectivity index (χ3n) is 3.68. The summed E-state index contributed by atoms with van der Waals surface area (Å²) in [6, 6.07) is 6.87. The number of pyridine rings is 1. The zero-order valence-electron chi connectivity index (χ0n) is 12.6. The number of nitrogens with zero attached hydrogens (tertiary/aromatic N) is 2. The Bertz CT molecular complexity index is 848. The lowest BCUT2D eigenvalue weighted by Gasteiger charge is -2.08. The second kappa shape index (κ2) is 6.97. The number of hydrogen-bond donors (Lipinski definition) is 1. The number of thioether (sulfide) groups is 1. The van der Waals surface area contributed by atoms with Crippen molar-refractivity contribution in [1.29, 1.82) is 5.26 Å². The van der Waals surface area contributed by atoms with Gasteiger partial charge in [-0.05, 0) is 43.0 Å². The smallest absolute Gasteiger partial charge is 0.234 e. The van der Waals surface area contributed by atoms with Crippen LogP contribution >= 0.6 is 11.8 Å². The summed E-state index contributed by atoms with van der Waals surface area (Å²) in [4.78, 5) is 16.4. The van der Waals surface area contributed by atoms with Crippen molar-refractivity contribution in [2.45, 2.75) is 24.3 Å². The van der Waals surface area contributed by atoms with Crippen molar-refractivity contribution in [3.8, 4) is 6.07 Å². The SMILES string of the molecule is N#Cc1cc2c(nc1SCC(=O)Nc1ccc(F)cc1F)CCC2. The highest BCUT2D eigenvalue weighted by molar-refractivity contribution is 8.00. The van der Waals surface area contributed by atoms with Crippen LogP contribution in [-0.2, 0) is 17.6 Å². The quantitative estimate of drug-likeness (QED) is 0.862. The van der Waals surface area contributed by atoms with Crippen molar-refractivity contribution in [3.63, 3.8) is 0 Å². The van der Waals surface area contributed by atoms with Crippen LogP contribution in [0.3, 0.4) is 0 Å². The van der Waals surface area contributed by atoms with Gasteiger partial charge in [-0.1, -0.05) is 11.8 Å². The van der Waals surface area contributed by atoms with Gasteiger partial charge in [0.25, 0.3) is 0 Å². The summed E-state index contributed by atoms with van der Waals surface area (Å²) in [5.74, 6) is -2.00. The summed E-state index contributed by atoms with van der Waals surface area (Å²) in [5, 5.41) is 12.1. The lowest BCUT2D eigenvalue weighted by Crippen LogP contribution is -2.15. The molecule has 1 N–H and O–H groups in total. The highest BCUT2D eigenvalue weighted by atomic mass is 32.2. The summed E-state index contributed by atoms with van der Waals surface area (Å²) < 4.78 is 26.4. The summed E-state index contributed by atoms with van der Waals surface area (Å²) in [5.41, 5.74) is 2.43. The summed E-state index contributed by atoms with van der Waals surface area (Å²) in [6.45, 7) is 0. The molecule has 7 heteroatoms. The van der Waals surface area contributed by atoms with Crippen LogP contribution < -0.4 is 5.32 Å². The van der Waals surface area contributed by atoms with E-state index in [4.69, 9.17) is 0 Å². The first kappa shape index (κ1) is 16.4. The zero-order chi connectivity index (χ0) is 17.1. The third-order valence-corrected chi connectivity index (χ3v) is 4.67. The number of hydrogen-bond acceptors (Lipinski definition) is 4. The molecule has 24 heavy (non-hydrogen) atoms. The van der Waals surface area contributed by atoms with Gasteiger partial charge in [0.2, 0.25) is 5.91 Å². The number of nitriles is 1. The topological polar surface area (TPSA) is 65.8 Å². The number of anilines is 1. The van der Waals surface area contributed by atoms with Crippen molar-refractivity contribution in [2.75, 3.05) is 11.1 Å². The van der Waals surface area contributed by atoms with E-state index in [2.05, 4.69) is 16.4 Å². The van der Waals surface area contributed by atoms with Crippen molar-refractivity contribution in [3.05, 3.63) is 52.7 Å². The monoisotopic (exact) mass is 345 g/mol. The molecule has 0 spiro atoms. The molecule has 0 fully saturated rings. The molecule has 1 aromatic heterocycles. The summed E-state index contributed by atoms with van der Waals surface area (Å²) in [6.07, 6.45) is 2.82. The molecule has 2 aromatic rings. The van der Waals surface area contributed by atoms with E-state index in [0.717, 1.165) is 48.3 Å². The number of benzene rings is 1. The minimum atomic E-state index is -0.832. The first-order valence-corrected chi connectivity index (χ1v) is 8.36. The molecule has 122 valence electrons. The number of amides is 1. The van der Waals surface area contributed by atoms with Gasteiger partial charge in [0.15, 0.2) is 0 Å². The zero-order valence-corrected chi connectivity index (χ0v) is 13.4. The van der Waals surface area contributed by atoms with Gasteiger partial charge in [0.1, 0.15) is 22.7 Å². The van der Waals surface area contributed by atoms with Gasteiger partial charge in [0, 0.05) is 11.8 Å². The number of aryl methyl sites for hydroxylation is 2. The first-order chi connectivity index (χ1) is 11.6. The number of carbonyl (C=O) groups excluding carboxylic acids is 1. The van der Waals surface area contributed by atoms with Gasteiger partial charge in [0.05, 0.1) is 17.0 Å². The number of nitrogens with one attached hydrogen (secondary N) is 1. The molecule has 0 aliphatic heterocycles. The van der Waals surface area contributed by atoms with Crippen LogP contribution in [0.25, 0.3) is 0 Å². The van der Waals surface area contributed by atoms with E-state index < -0.39 is 17.5 Å². The number of aromatic nitrogens is 1. The maximum atomic E-state index is 13.5. The predicted molar refractivity (Wildman–Crippen MR) is 86.7 cm³/mol. The van der Waals surface area contributed by atoms with Crippen LogP contribution in [-0.4, -0.2) is 16.6 Å². The fourth-order valence-electron chi connectivity index (χ4n) is 2.55. The van der Waals surface area contributed by atoms with Crippen molar-refractivity contribution >= 4 is 23.4 Å². The Morgan fingerprint density at radius 1 is 1.33 bits per heavy atom. The van der Waals surface area contributed by atoms with Crippen LogP contribution in [0.5, 0.6) is 0 Å². The fraction of sp³-hybridized carbons (Fsp3) is 0.235. The standard InChI is InChI=1S/C17H13F2N3OS/c18-12-4-5-15(13(19)7-12)21-16(23)9-24-17-11(8-20)6-10-2-1-3-14(10)22-17/h4-7H,1-3,9H2,(H,21,23). The Morgan fingerprint density at radius 3 is 2.92 bits per heavy atom. The number of halogens is 2. The van der Waals surface area contributed by atoms with Crippen LogP contribution in [0, 0.1) is 23.0 Å². The molecule has 0 atom stereocenters. The second-order valence-electron chi connectivity index (χ2n) is 5.37. The molecule has 4 nitrogen and oxygen atoms in total. The Hall–Kier alpha value is -2.46. The largest absolute Gasteiger partial charge is 0.323 e. The highest BCUT2D eigenvalue weighted by Crippen LogP contribution is 2.28. The van der Waals surface area contributed by atoms with Crippen LogP contribution in [0.15, 0.2) is 29.3 Å². The van der Waals surface area contributed by atoms with Crippen molar-refractivity contribution in [1.82, 2.24) is 4.98 Å². The van der Waals surface area contributed by atoms with Gasteiger partial charge < -0.3 is 5.32 Å². The maximum absolute atomic E-state index is 13.5. The van der Waals surface area contributed by atoms with Gasteiger partial charge >= 0.3 is 0 Å². The summed E-state index contributed by atoms with van der Waals surface area (Å²) >= 11 is 1.13. The lowest BCUT2D eigenvalue weighted by molar-refractivity contribution is -0.113. The molecule has 1 aromatic carbocycles. The molecule has 3 rings (SSSR count). The Balaban J connectivity index is 1.67. The normalized spacial score (nSPS) is 12.5. The van der Waals surface area contributed by atoms with Gasteiger partial charge in [-0.15, -0.1) is 0 Å². The van der Waals surface area contributed by atoms with E-state index >= 15 is 0 Å². The van der Waals surface area contributed by atoms with E-state index in [0.29, 0.717) is 16.7 Å². The lowest BCUT2D eigenvalue weighted by atomic mass is 10.2. The maximum Gasteiger partial charge on any atom is 0.234 e. The molecule has 0 bridgehead atoms.